The number of anilines is 1. The van der Waals surface area contributed by atoms with Gasteiger partial charge >= 0.3 is 0 Å². The molecule has 10 nitrogen and oxygen atoms in total. The Balaban J connectivity index is 1.29. The lowest BCUT2D eigenvalue weighted by molar-refractivity contribution is -0.0173. The van der Waals surface area contributed by atoms with Crippen molar-refractivity contribution in [1.29, 1.82) is 0 Å². The van der Waals surface area contributed by atoms with E-state index in [9.17, 15) is 19.2 Å². The minimum Gasteiger partial charge on any atom is -0.493 e. The molecule has 0 fully saturated rings. The van der Waals surface area contributed by atoms with E-state index in [0.29, 0.717) is 57.1 Å². The Morgan fingerprint density at radius 1 is 1.07 bits per heavy atom. The van der Waals surface area contributed by atoms with E-state index in [1.165, 1.54) is 23.8 Å². The largest absolute Gasteiger partial charge is 0.493 e. The summed E-state index contributed by atoms with van der Waals surface area (Å²) in [4.78, 5) is 24.9. The molecule has 6 rings (SSSR count). The number of hydrogen-bond acceptors (Lipinski definition) is 8. The molecule has 0 bridgehead atoms. The monoisotopic (exact) mass is 583 g/mol. The average molecular weight is 584 g/mol. The summed E-state index contributed by atoms with van der Waals surface area (Å²) in [6, 6.07) is 21.9. The van der Waals surface area contributed by atoms with Crippen LogP contribution in [0.15, 0.2) is 84.0 Å². The lowest BCUT2D eigenvalue weighted by atomic mass is 10.1. The van der Waals surface area contributed by atoms with Crippen LogP contribution in [0.1, 0.15) is 27.0 Å². The predicted octanol–water partition coefficient (Wildman–Crippen LogP) is 6.64. The summed E-state index contributed by atoms with van der Waals surface area (Å²) in [5.41, 5.74) is 2.88. The fourth-order valence-electron chi connectivity index (χ4n) is 5.06. The van der Waals surface area contributed by atoms with Crippen molar-refractivity contribution in [3.05, 3.63) is 112 Å². The van der Waals surface area contributed by atoms with Crippen molar-refractivity contribution in [3.8, 4) is 23.1 Å². The second-order valence-corrected chi connectivity index (χ2v) is 9.84. The van der Waals surface area contributed by atoms with Crippen LogP contribution in [0.5, 0.6) is 23.1 Å². The average Bonchev–Trinajstić information content (AvgIpc) is 3.29. The molecular weight excluding hydrogens is 557 g/mol. The van der Waals surface area contributed by atoms with Gasteiger partial charge in [0.15, 0.2) is 24.0 Å². The summed E-state index contributed by atoms with van der Waals surface area (Å²) in [5, 5.41) is 17.1. The molecule has 218 valence electrons. The Hall–Kier alpha value is -5.42. The van der Waals surface area contributed by atoms with Crippen LogP contribution in [-0.4, -0.2) is 29.5 Å². The first kappa shape index (κ1) is 27.7. The van der Waals surface area contributed by atoms with Gasteiger partial charge in [-0.05, 0) is 59.3 Å². The minimum absolute atomic E-state index is 0.00569. The van der Waals surface area contributed by atoms with Gasteiger partial charge < -0.3 is 33.9 Å². The summed E-state index contributed by atoms with van der Waals surface area (Å²) < 4.78 is 38.0. The number of aromatic nitrogens is 1. The van der Waals surface area contributed by atoms with Gasteiger partial charge in [0.2, 0.25) is 5.88 Å². The highest BCUT2D eigenvalue weighted by atomic mass is 19.1. The highest BCUT2D eigenvalue weighted by Crippen LogP contribution is 2.41. The number of methoxy groups -OCH3 is 1. The fraction of sp³-hybridized carbons (Fsp3) is 0.156. The van der Waals surface area contributed by atoms with E-state index >= 15 is 0 Å². The quantitative estimate of drug-likeness (QED) is 0.187. The van der Waals surface area contributed by atoms with Crippen LogP contribution < -0.4 is 19.5 Å². The number of amides is 1. The van der Waals surface area contributed by atoms with E-state index in [2.05, 4.69) is 10.5 Å². The normalized spacial score (nSPS) is 12.3. The first-order valence-electron chi connectivity index (χ1n) is 13.3. The van der Waals surface area contributed by atoms with E-state index in [1.54, 1.807) is 36.4 Å². The summed E-state index contributed by atoms with van der Waals surface area (Å²) in [5.74, 6) is 0.0205. The lowest BCUT2D eigenvalue weighted by Gasteiger charge is -2.21. The zero-order chi connectivity index (χ0) is 29.9. The van der Waals surface area contributed by atoms with Gasteiger partial charge in [-0.1, -0.05) is 30.3 Å². The van der Waals surface area contributed by atoms with Gasteiger partial charge in [-0.2, -0.15) is 0 Å². The van der Waals surface area contributed by atoms with Crippen molar-refractivity contribution in [3.63, 3.8) is 0 Å². The van der Waals surface area contributed by atoms with Gasteiger partial charge in [0.1, 0.15) is 18.2 Å². The van der Waals surface area contributed by atoms with Crippen LogP contribution in [0.4, 0.5) is 15.8 Å². The number of ether oxygens (including phenoxy) is 4. The summed E-state index contributed by atoms with van der Waals surface area (Å²) in [6.07, 6.45) is 0. The van der Waals surface area contributed by atoms with Crippen molar-refractivity contribution in [2.45, 2.75) is 19.8 Å². The Morgan fingerprint density at radius 2 is 1.91 bits per heavy atom. The number of fused-ring (bicyclic) bond motifs is 2. The number of hydrogen-bond donors (Lipinski definition) is 2. The van der Waals surface area contributed by atoms with E-state index in [1.807, 2.05) is 30.3 Å². The molecule has 4 aromatic carbocycles. The zero-order valence-electron chi connectivity index (χ0n) is 23.0. The molecule has 0 radical (unpaired) electrons. The number of rotatable bonds is 9. The third-order valence-corrected chi connectivity index (χ3v) is 7.10. The number of carbonyl (C=O) groups is 1. The van der Waals surface area contributed by atoms with Gasteiger partial charge in [0, 0.05) is 27.8 Å². The number of nitroso groups, excluding NO2 is 1. The fourth-order valence-corrected chi connectivity index (χ4v) is 5.06. The first-order valence-corrected chi connectivity index (χ1v) is 13.3. The number of aromatic hydroxyl groups is 1. The highest BCUT2D eigenvalue weighted by molar-refractivity contribution is 6.06. The highest BCUT2D eigenvalue weighted by Gasteiger charge is 2.23. The SMILES string of the molecule is COc1ccc(C(=O)Nc2ccc3c(N=O)c(O)n(Cc4cc(F)cc5c4OCOC5)c3c2)cc1OCc1ccccc1. The number of nitrogens with one attached hydrogen (secondary N) is 1. The molecule has 0 atom stereocenters. The first-order chi connectivity index (χ1) is 20.9. The van der Waals surface area contributed by atoms with Gasteiger partial charge in [-0.25, -0.2) is 4.39 Å². The van der Waals surface area contributed by atoms with Crippen molar-refractivity contribution in [1.82, 2.24) is 4.57 Å². The molecule has 1 aromatic heterocycles. The van der Waals surface area contributed by atoms with Crippen molar-refractivity contribution in [2.75, 3.05) is 19.2 Å². The smallest absolute Gasteiger partial charge is 0.255 e. The van der Waals surface area contributed by atoms with E-state index in [0.717, 1.165) is 5.56 Å². The Labute approximate surface area is 245 Å². The molecule has 2 heterocycles. The van der Waals surface area contributed by atoms with Crippen LogP contribution >= 0.6 is 0 Å². The van der Waals surface area contributed by atoms with Crippen molar-refractivity contribution in [2.24, 2.45) is 5.18 Å². The molecule has 0 unspecified atom stereocenters. The Bertz CT molecular complexity index is 1840. The van der Waals surface area contributed by atoms with Gasteiger partial charge in [0.25, 0.3) is 5.91 Å². The molecule has 1 amide bonds. The Morgan fingerprint density at radius 3 is 2.70 bits per heavy atom. The van der Waals surface area contributed by atoms with Gasteiger partial charge in [-0.15, -0.1) is 4.91 Å². The van der Waals surface area contributed by atoms with Crippen LogP contribution in [0, 0.1) is 10.7 Å². The second kappa shape index (κ2) is 11.8. The van der Waals surface area contributed by atoms with Gasteiger partial charge in [-0.3, -0.25) is 4.79 Å². The number of nitrogens with zero attached hydrogens (tertiary/aromatic N) is 2. The maximum absolute atomic E-state index is 14.4. The molecule has 0 spiro atoms. The summed E-state index contributed by atoms with van der Waals surface area (Å²) in [7, 11) is 1.52. The molecular formula is C32H26FN3O7. The molecule has 0 saturated heterocycles. The third kappa shape index (κ3) is 5.57. The summed E-state index contributed by atoms with van der Waals surface area (Å²) >= 11 is 0. The van der Waals surface area contributed by atoms with Crippen LogP contribution in [0.2, 0.25) is 0 Å². The van der Waals surface area contributed by atoms with E-state index in [-0.39, 0.29) is 25.6 Å². The van der Waals surface area contributed by atoms with E-state index in [4.69, 9.17) is 18.9 Å². The number of halogens is 1. The summed E-state index contributed by atoms with van der Waals surface area (Å²) in [6.45, 7) is 0.445. The molecule has 0 saturated carbocycles. The van der Waals surface area contributed by atoms with E-state index < -0.39 is 17.6 Å². The Kier molecular flexibility index (Phi) is 7.63. The zero-order valence-corrected chi connectivity index (χ0v) is 23.0. The molecule has 43 heavy (non-hydrogen) atoms. The van der Waals surface area contributed by atoms with Crippen LogP contribution in [0.3, 0.4) is 0 Å². The number of carbonyl (C=O) groups excluding carboxylic acids is 1. The topological polar surface area (TPSA) is 121 Å². The molecule has 5 aromatic rings. The van der Waals surface area contributed by atoms with Gasteiger partial charge in [0.05, 0.1) is 25.8 Å². The minimum atomic E-state index is -0.493. The van der Waals surface area contributed by atoms with Crippen LogP contribution in [0.25, 0.3) is 10.9 Å². The predicted molar refractivity (Wildman–Crippen MR) is 157 cm³/mol. The number of benzene rings is 4. The molecule has 1 aliphatic rings. The molecule has 0 aliphatic carbocycles. The molecule has 11 heteroatoms. The molecule has 1 aliphatic heterocycles. The van der Waals surface area contributed by atoms with Crippen molar-refractivity contribution >= 4 is 28.2 Å². The maximum Gasteiger partial charge on any atom is 0.255 e. The second-order valence-electron chi connectivity index (χ2n) is 9.84. The maximum atomic E-state index is 14.4. The van der Waals surface area contributed by atoms with Crippen molar-refractivity contribution < 1.29 is 33.2 Å². The molecule has 2 N–H and O–H groups in total. The standard InChI is InChI=1S/C32H26FN3O7/c1-40-27-10-7-20(13-28(27)42-16-19-5-3-2-4-6-19)31(37)34-24-8-9-25-26(14-24)36(32(38)29(25)35-39)15-21-11-23(33)12-22-17-41-18-43-30(21)22/h2-14,38H,15-18H2,1H3,(H,34,37). The van der Waals surface area contributed by atoms with Crippen LogP contribution in [-0.2, 0) is 24.5 Å². The lowest BCUT2D eigenvalue weighted by Crippen LogP contribution is -2.15. The third-order valence-electron chi connectivity index (χ3n) is 7.10.